The molecule has 1 aliphatic heterocycles. The summed E-state index contributed by atoms with van der Waals surface area (Å²) in [6.07, 6.45) is 3.38. The molecule has 4 rings (SSSR count). The molecule has 1 aromatic heterocycles. The summed E-state index contributed by atoms with van der Waals surface area (Å²) in [5.41, 5.74) is 2.99. The summed E-state index contributed by atoms with van der Waals surface area (Å²) in [6.45, 7) is 4.54. The first-order valence-corrected chi connectivity index (χ1v) is 11.9. The molecule has 0 radical (unpaired) electrons. The fraction of sp³-hybridized carbons (Fsp3) is 0.308. The predicted molar refractivity (Wildman–Crippen MR) is 133 cm³/mol. The smallest absolute Gasteiger partial charge is 0.340 e. The number of carbonyl (C=O) groups excluding carboxylic acids is 2. The second-order valence-corrected chi connectivity index (χ2v) is 8.60. The summed E-state index contributed by atoms with van der Waals surface area (Å²) >= 11 is 5.96. The predicted octanol–water partition coefficient (Wildman–Crippen LogP) is 4.76. The molecule has 182 valence electrons. The maximum Gasteiger partial charge on any atom is 0.340 e. The van der Waals surface area contributed by atoms with Gasteiger partial charge >= 0.3 is 5.97 Å². The number of carbonyl (C=O) groups is 2. The minimum Gasteiger partial charge on any atom is -0.462 e. The molecule has 0 atom stereocenters. The summed E-state index contributed by atoms with van der Waals surface area (Å²) < 4.78 is 10.4. The largest absolute Gasteiger partial charge is 0.462 e. The van der Waals surface area contributed by atoms with E-state index in [1.807, 2.05) is 24.3 Å². The highest BCUT2D eigenvalue weighted by Crippen LogP contribution is 2.22. The van der Waals surface area contributed by atoms with Gasteiger partial charge in [-0.25, -0.2) is 4.79 Å². The Balaban J connectivity index is 1.28. The van der Waals surface area contributed by atoms with Crippen molar-refractivity contribution < 1.29 is 18.8 Å². The van der Waals surface area contributed by atoms with Gasteiger partial charge in [0.15, 0.2) is 5.82 Å². The number of hydrogen-bond donors (Lipinski definition) is 1. The van der Waals surface area contributed by atoms with E-state index in [1.54, 1.807) is 31.2 Å². The van der Waals surface area contributed by atoms with Gasteiger partial charge in [-0.05, 0) is 48.7 Å². The molecule has 9 heteroatoms. The van der Waals surface area contributed by atoms with E-state index in [9.17, 15) is 9.59 Å². The highest BCUT2D eigenvalue weighted by molar-refractivity contribution is 6.30. The summed E-state index contributed by atoms with van der Waals surface area (Å²) in [7, 11) is 0. The van der Waals surface area contributed by atoms with E-state index in [0.717, 1.165) is 36.7 Å². The van der Waals surface area contributed by atoms with Crippen LogP contribution in [0.3, 0.4) is 0 Å². The third kappa shape index (κ3) is 6.77. The van der Waals surface area contributed by atoms with Crippen LogP contribution in [-0.2, 0) is 22.5 Å². The third-order valence-electron chi connectivity index (χ3n) is 5.63. The van der Waals surface area contributed by atoms with Crippen LogP contribution in [-0.4, -0.2) is 46.6 Å². The number of rotatable bonds is 9. The lowest BCUT2D eigenvalue weighted by molar-refractivity contribution is -0.116. The van der Waals surface area contributed by atoms with Crippen LogP contribution in [0.2, 0.25) is 5.02 Å². The number of amides is 1. The molecular weight excluding hydrogens is 468 g/mol. The second-order valence-electron chi connectivity index (χ2n) is 8.17. The minimum atomic E-state index is -0.475. The highest BCUT2D eigenvalue weighted by atomic mass is 35.5. The summed E-state index contributed by atoms with van der Waals surface area (Å²) in [4.78, 5) is 31.3. The van der Waals surface area contributed by atoms with Crippen molar-refractivity contribution >= 4 is 34.7 Å². The van der Waals surface area contributed by atoms with Crippen LogP contribution in [0, 0.1) is 0 Å². The van der Waals surface area contributed by atoms with Crippen LogP contribution in [0.1, 0.15) is 47.4 Å². The quantitative estimate of drug-likeness (QED) is 0.428. The van der Waals surface area contributed by atoms with Crippen molar-refractivity contribution in [3.63, 3.8) is 0 Å². The zero-order valence-corrected chi connectivity index (χ0v) is 20.3. The Hall–Kier alpha value is -3.49. The normalized spacial score (nSPS) is 13.8. The Morgan fingerprint density at radius 3 is 2.71 bits per heavy atom. The number of nitrogens with one attached hydrogen (secondary N) is 1. The molecule has 1 N–H and O–H groups in total. The average Bonchev–Trinajstić information content (AvgIpc) is 3.34. The summed E-state index contributed by atoms with van der Waals surface area (Å²) in [6, 6.07) is 14.6. The van der Waals surface area contributed by atoms with E-state index in [0.29, 0.717) is 29.4 Å². The van der Waals surface area contributed by atoms with Gasteiger partial charge in [-0.15, -0.1) is 0 Å². The SMILES string of the molecule is CCOC(=O)c1ccccc1NC(=O)CCc1nc(C2=CCN(Cc3ccc(Cl)cc3)CC2)no1. The second kappa shape index (κ2) is 11.8. The lowest BCUT2D eigenvalue weighted by atomic mass is 10.1. The third-order valence-corrected chi connectivity index (χ3v) is 5.88. The Labute approximate surface area is 208 Å². The number of ether oxygens (including phenoxy) is 1. The molecule has 0 saturated carbocycles. The number of esters is 1. The monoisotopic (exact) mass is 494 g/mol. The molecule has 0 fully saturated rings. The number of benzene rings is 2. The van der Waals surface area contributed by atoms with Crippen molar-refractivity contribution in [1.82, 2.24) is 15.0 Å². The molecule has 0 bridgehead atoms. The lowest BCUT2D eigenvalue weighted by Crippen LogP contribution is -2.28. The molecule has 1 amide bonds. The van der Waals surface area contributed by atoms with Gasteiger partial charge in [-0.1, -0.05) is 47.1 Å². The van der Waals surface area contributed by atoms with E-state index in [1.165, 1.54) is 5.56 Å². The minimum absolute atomic E-state index is 0.146. The van der Waals surface area contributed by atoms with Crippen molar-refractivity contribution in [3.8, 4) is 0 Å². The Morgan fingerprint density at radius 2 is 1.97 bits per heavy atom. The number of aryl methyl sites for hydroxylation is 1. The van der Waals surface area contributed by atoms with Crippen LogP contribution in [0.4, 0.5) is 5.69 Å². The fourth-order valence-corrected chi connectivity index (χ4v) is 3.93. The van der Waals surface area contributed by atoms with E-state index in [-0.39, 0.29) is 18.9 Å². The first kappa shape index (κ1) is 24.6. The molecule has 2 heterocycles. The first-order valence-electron chi connectivity index (χ1n) is 11.6. The number of para-hydroxylation sites is 1. The number of anilines is 1. The van der Waals surface area contributed by atoms with Crippen LogP contribution in [0.25, 0.3) is 5.57 Å². The van der Waals surface area contributed by atoms with Crippen LogP contribution >= 0.6 is 11.6 Å². The van der Waals surface area contributed by atoms with Gasteiger partial charge in [-0.3, -0.25) is 9.69 Å². The topological polar surface area (TPSA) is 97.6 Å². The zero-order chi connectivity index (χ0) is 24.6. The van der Waals surface area contributed by atoms with Crippen molar-refractivity contribution in [1.29, 1.82) is 0 Å². The molecule has 3 aromatic rings. The molecule has 0 aliphatic carbocycles. The van der Waals surface area contributed by atoms with Crippen molar-refractivity contribution in [2.45, 2.75) is 32.7 Å². The van der Waals surface area contributed by atoms with Crippen LogP contribution in [0.5, 0.6) is 0 Å². The molecular formula is C26H27ClN4O4. The number of nitrogens with zero attached hydrogens (tertiary/aromatic N) is 3. The maximum absolute atomic E-state index is 12.5. The van der Waals surface area contributed by atoms with E-state index >= 15 is 0 Å². The molecule has 0 unspecified atom stereocenters. The average molecular weight is 495 g/mol. The zero-order valence-electron chi connectivity index (χ0n) is 19.5. The molecule has 2 aromatic carbocycles. The van der Waals surface area contributed by atoms with E-state index < -0.39 is 5.97 Å². The number of halogens is 1. The van der Waals surface area contributed by atoms with Gasteiger partial charge in [0.25, 0.3) is 0 Å². The lowest BCUT2D eigenvalue weighted by Gasteiger charge is -2.25. The molecule has 1 aliphatic rings. The standard InChI is InChI=1S/C26H27ClN4O4/c1-2-34-26(33)21-5-3-4-6-22(21)28-23(32)11-12-24-29-25(30-35-24)19-13-15-31(16-14-19)17-18-7-9-20(27)10-8-18/h3-10,13H,2,11-12,14-17H2,1H3,(H,28,32). The van der Waals surface area contributed by atoms with Crippen molar-refractivity contribution in [2.24, 2.45) is 0 Å². The van der Waals surface area contributed by atoms with Crippen LogP contribution in [0.15, 0.2) is 59.1 Å². The molecule has 0 spiro atoms. The first-order chi connectivity index (χ1) is 17.0. The van der Waals surface area contributed by atoms with Gasteiger partial charge in [0.2, 0.25) is 11.8 Å². The Bertz CT molecular complexity index is 1210. The number of aromatic nitrogens is 2. The fourth-order valence-electron chi connectivity index (χ4n) is 3.80. The van der Waals surface area contributed by atoms with Crippen molar-refractivity contribution in [2.75, 3.05) is 25.0 Å². The van der Waals surface area contributed by atoms with Crippen LogP contribution < -0.4 is 5.32 Å². The van der Waals surface area contributed by atoms with E-state index in [2.05, 4.69) is 26.4 Å². The Kier molecular flexibility index (Phi) is 8.28. The number of hydrogen-bond acceptors (Lipinski definition) is 7. The molecule has 0 saturated heterocycles. The molecule has 35 heavy (non-hydrogen) atoms. The summed E-state index contributed by atoms with van der Waals surface area (Å²) in [5, 5.41) is 7.60. The highest BCUT2D eigenvalue weighted by Gasteiger charge is 2.19. The van der Waals surface area contributed by atoms with Gasteiger partial charge < -0.3 is 14.6 Å². The summed E-state index contributed by atoms with van der Waals surface area (Å²) in [5.74, 6) is 0.242. The molecule has 8 nitrogen and oxygen atoms in total. The van der Waals surface area contributed by atoms with Gasteiger partial charge in [0, 0.05) is 37.5 Å². The van der Waals surface area contributed by atoms with E-state index in [4.69, 9.17) is 20.9 Å². The van der Waals surface area contributed by atoms with Crippen molar-refractivity contribution in [3.05, 3.63) is 82.5 Å². The van der Waals surface area contributed by atoms with Gasteiger partial charge in [-0.2, -0.15) is 4.98 Å². The Morgan fingerprint density at radius 1 is 1.17 bits per heavy atom. The van der Waals surface area contributed by atoms with Gasteiger partial charge in [0.1, 0.15) is 0 Å². The maximum atomic E-state index is 12.5. The van der Waals surface area contributed by atoms with Gasteiger partial charge in [0.05, 0.1) is 17.9 Å².